The molecule has 1 aromatic rings. The molecular weight excluding hydrogens is 245 g/mol. The fraction of sp³-hybridized carbons (Fsp3) is 0.429. The number of hydrogen-bond donors (Lipinski definition) is 2. The first kappa shape index (κ1) is 15.1. The molecule has 0 bridgehead atoms. The van der Waals surface area contributed by atoms with E-state index >= 15 is 0 Å². The third kappa shape index (κ3) is 4.68. The molecule has 0 aliphatic heterocycles. The number of rotatable bonds is 6. The number of amides is 1. The van der Waals surface area contributed by atoms with Gasteiger partial charge in [-0.15, -0.1) is 0 Å². The number of benzene rings is 1. The van der Waals surface area contributed by atoms with Crippen molar-refractivity contribution in [3.8, 4) is 6.07 Å². The Morgan fingerprint density at radius 3 is 2.89 bits per heavy atom. The van der Waals surface area contributed by atoms with Crippen LogP contribution in [0.4, 0.5) is 4.39 Å². The van der Waals surface area contributed by atoms with Crippen LogP contribution in [0.5, 0.6) is 0 Å². The number of nitrogens with one attached hydrogen (secondary N) is 2. The summed E-state index contributed by atoms with van der Waals surface area (Å²) < 4.78 is 13.5. The van der Waals surface area contributed by atoms with Gasteiger partial charge in [-0.1, -0.05) is 6.92 Å². The van der Waals surface area contributed by atoms with Crippen LogP contribution in [0.1, 0.15) is 31.4 Å². The molecule has 2 N–H and O–H groups in total. The van der Waals surface area contributed by atoms with Crippen LogP contribution in [0.3, 0.4) is 0 Å². The Balaban J connectivity index is 2.57. The van der Waals surface area contributed by atoms with E-state index in [4.69, 9.17) is 5.26 Å². The third-order valence-corrected chi connectivity index (χ3v) is 2.72. The highest BCUT2D eigenvalue weighted by molar-refractivity contribution is 5.81. The van der Waals surface area contributed by atoms with Crippen molar-refractivity contribution in [3.05, 3.63) is 35.1 Å². The number of hydrogen-bond acceptors (Lipinski definition) is 3. The summed E-state index contributed by atoms with van der Waals surface area (Å²) in [5.74, 6) is -0.494. The number of halogens is 1. The topological polar surface area (TPSA) is 64.9 Å². The van der Waals surface area contributed by atoms with Crippen LogP contribution in [-0.2, 0) is 11.3 Å². The SMILES string of the molecule is CCCNC(=O)C(C)NCc1cc(C#N)ccc1F. The van der Waals surface area contributed by atoms with Gasteiger partial charge in [-0.25, -0.2) is 4.39 Å². The average Bonchev–Trinajstić information content (AvgIpc) is 2.43. The summed E-state index contributed by atoms with van der Waals surface area (Å²) in [7, 11) is 0. The molecule has 4 nitrogen and oxygen atoms in total. The zero-order valence-corrected chi connectivity index (χ0v) is 11.2. The molecular formula is C14H18FN3O. The second-order valence-corrected chi connectivity index (χ2v) is 4.31. The first-order valence-corrected chi connectivity index (χ1v) is 6.28. The standard InChI is InChI=1S/C14H18FN3O/c1-3-6-17-14(19)10(2)18-9-12-7-11(8-16)4-5-13(12)15/h4-5,7,10,18H,3,6,9H2,1-2H3,(H,17,19). The van der Waals surface area contributed by atoms with Gasteiger partial charge < -0.3 is 10.6 Å². The summed E-state index contributed by atoms with van der Waals surface area (Å²) in [5, 5.41) is 14.5. The predicted octanol–water partition coefficient (Wildman–Crippen LogP) is 1.70. The molecule has 1 amide bonds. The lowest BCUT2D eigenvalue weighted by molar-refractivity contribution is -0.122. The van der Waals surface area contributed by atoms with E-state index in [-0.39, 0.29) is 18.3 Å². The Labute approximate surface area is 112 Å². The third-order valence-electron chi connectivity index (χ3n) is 2.72. The molecule has 5 heteroatoms. The van der Waals surface area contributed by atoms with E-state index in [0.29, 0.717) is 17.7 Å². The fourth-order valence-electron chi connectivity index (χ4n) is 1.54. The smallest absolute Gasteiger partial charge is 0.236 e. The quantitative estimate of drug-likeness (QED) is 0.821. The van der Waals surface area contributed by atoms with E-state index in [0.717, 1.165) is 6.42 Å². The molecule has 0 spiro atoms. The molecule has 1 atom stereocenters. The maximum atomic E-state index is 13.5. The lowest BCUT2D eigenvalue weighted by Gasteiger charge is -2.14. The van der Waals surface area contributed by atoms with Gasteiger partial charge in [0.25, 0.3) is 0 Å². The second-order valence-electron chi connectivity index (χ2n) is 4.31. The van der Waals surface area contributed by atoms with Crippen molar-refractivity contribution in [3.63, 3.8) is 0 Å². The minimum absolute atomic E-state index is 0.112. The van der Waals surface area contributed by atoms with Crippen molar-refractivity contribution in [1.29, 1.82) is 5.26 Å². The van der Waals surface area contributed by atoms with Gasteiger partial charge in [0.15, 0.2) is 0 Å². The van der Waals surface area contributed by atoms with Crippen molar-refractivity contribution in [2.75, 3.05) is 6.54 Å². The van der Waals surface area contributed by atoms with Crippen molar-refractivity contribution >= 4 is 5.91 Å². The molecule has 1 unspecified atom stereocenters. The lowest BCUT2D eigenvalue weighted by Crippen LogP contribution is -2.42. The van der Waals surface area contributed by atoms with Gasteiger partial charge in [0.05, 0.1) is 17.7 Å². The van der Waals surface area contributed by atoms with E-state index in [1.165, 1.54) is 18.2 Å². The van der Waals surface area contributed by atoms with E-state index in [2.05, 4.69) is 10.6 Å². The van der Waals surface area contributed by atoms with Crippen molar-refractivity contribution in [2.24, 2.45) is 0 Å². The van der Waals surface area contributed by atoms with Gasteiger partial charge in [-0.05, 0) is 31.5 Å². The molecule has 1 aromatic carbocycles. The summed E-state index contributed by atoms with van der Waals surface area (Å²) in [6.45, 7) is 4.53. The van der Waals surface area contributed by atoms with Gasteiger partial charge in [0, 0.05) is 18.7 Å². The van der Waals surface area contributed by atoms with Gasteiger partial charge in [0.1, 0.15) is 5.82 Å². The molecule has 0 aromatic heterocycles. The molecule has 0 saturated carbocycles. The van der Waals surface area contributed by atoms with Crippen molar-refractivity contribution in [1.82, 2.24) is 10.6 Å². The number of carbonyl (C=O) groups is 1. The molecule has 0 fully saturated rings. The maximum Gasteiger partial charge on any atom is 0.236 e. The van der Waals surface area contributed by atoms with Crippen molar-refractivity contribution in [2.45, 2.75) is 32.9 Å². The van der Waals surface area contributed by atoms with Gasteiger partial charge >= 0.3 is 0 Å². The number of carbonyl (C=O) groups excluding carboxylic acids is 1. The van der Waals surface area contributed by atoms with Crippen LogP contribution in [-0.4, -0.2) is 18.5 Å². The Morgan fingerprint density at radius 1 is 1.53 bits per heavy atom. The maximum absolute atomic E-state index is 13.5. The highest BCUT2D eigenvalue weighted by Gasteiger charge is 2.12. The van der Waals surface area contributed by atoms with Crippen LogP contribution in [0.15, 0.2) is 18.2 Å². The molecule has 19 heavy (non-hydrogen) atoms. The van der Waals surface area contributed by atoms with Crippen LogP contribution in [0.25, 0.3) is 0 Å². The monoisotopic (exact) mass is 263 g/mol. The summed E-state index contributed by atoms with van der Waals surface area (Å²) in [6, 6.07) is 5.73. The molecule has 102 valence electrons. The first-order valence-electron chi connectivity index (χ1n) is 6.28. The summed E-state index contributed by atoms with van der Waals surface area (Å²) >= 11 is 0. The molecule has 0 saturated heterocycles. The van der Waals surface area contributed by atoms with Gasteiger partial charge in [-0.2, -0.15) is 5.26 Å². The minimum atomic E-state index is -0.406. The zero-order valence-electron chi connectivity index (χ0n) is 11.2. The van der Waals surface area contributed by atoms with Crippen LogP contribution < -0.4 is 10.6 Å². The number of nitriles is 1. The average molecular weight is 263 g/mol. The number of nitrogens with zero attached hydrogens (tertiary/aromatic N) is 1. The lowest BCUT2D eigenvalue weighted by atomic mass is 10.1. The molecule has 0 heterocycles. The van der Waals surface area contributed by atoms with Crippen LogP contribution in [0, 0.1) is 17.1 Å². The Morgan fingerprint density at radius 2 is 2.26 bits per heavy atom. The highest BCUT2D eigenvalue weighted by Crippen LogP contribution is 2.10. The Hall–Kier alpha value is -1.93. The normalized spacial score (nSPS) is 11.7. The summed E-state index contributed by atoms with van der Waals surface area (Å²) in [4.78, 5) is 11.6. The minimum Gasteiger partial charge on any atom is -0.355 e. The van der Waals surface area contributed by atoms with E-state index in [9.17, 15) is 9.18 Å². The van der Waals surface area contributed by atoms with Crippen LogP contribution in [0.2, 0.25) is 0 Å². The Kier molecular flexibility index (Phi) is 5.97. The second kappa shape index (κ2) is 7.49. The molecule has 0 aliphatic carbocycles. The van der Waals surface area contributed by atoms with E-state index in [1.54, 1.807) is 6.92 Å². The highest BCUT2D eigenvalue weighted by atomic mass is 19.1. The fourth-order valence-corrected chi connectivity index (χ4v) is 1.54. The Bertz CT molecular complexity index is 482. The van der Waals surface area contributed by atoms with E-state index < -0.39 is 6.04 Å². The summed E-state index contributed by atoms with van der Waals surface area (Å²) in [5.41, 5.74) is 0.787. The predicted molar refractivity (Wildman–Crippen MR) is 70.7 cm³/mol. The van der Waals surface area contributed by atoms with Crippen LogP contribution >= 0.6 is 0 Å². The summed E-state index contributed by atoms with van der Waals surface area (Å²) in [6.07, 6.45) is 0.872. The van der Waals surface area contributed by atoms with E-state index in [1.807, 2.05) is 13.0 Å². The van der Waals surface area contributed by atoms with Gasteiger partial charge in [0.2, 0.25) is 5.91 Å². The molecule has 1 rings (SSSR count). The van der Waals surface area contributed by atoms with Crippen molar-refractivity contribution < 1.29 is 9.18 Å². The molecule has 0 radical (unpaired) electrons. The molecule has 0 aliphatic rings. The zero-order chi connectivity index (χ0) is 14.3. The van der Waals surface area contributed by atoms with Gasteiger partial charge in [-0.3, -0.25) is 4.79 Å². The first-order chi connectivity index (χ1) is 9.08. The largest absolute Gasteiger partial charge is 0.355 e.